The van der Waals surface area contributed by atoms with Crippen LogP contribution in [-0.2, 0) is 11.8 Å². The summed E-state index contributed by atoms with van der Waals surface area (Å²) in [7, 11) is 0. The highest BCUT2D eigenvalue weighted by Gasteiger charge is 2.58. The first-order valence-corrected chi connectivity index (χ1v) is 8.98. The van der Waals surface area contributed by atoms with Gasteiger partial charge in [0.2, 0.25) is 0 Å². The smallest absolute Gasteiger partial charge is 0.207 e. The van der Waals surface area contributed by atoms with Crippen LogP contribution < -0.4 is 0 Å². The molecule has 27 heavy (non-hydrogen) atoms. The van der Waals surface area contributed by atoms with Gasteiger partial charge in [-0.3, -0.25) is 0 Å². The van der Waals surface area contributed by atoms with E-state index in [-0.39, 0.29) is 17.9 Å². The lowest BCUT2D eigenvalue weighted by Crippen LogP contribution is -2.40. The molecule has 1 aliphatic carbocycles. The Morgan fingerprint density at radius 3 is 2.22 bits per heavy atom. The van der Waals surface area contributed by atoms with Gasteiger partial charge in [0.05, 0.1) is 17.0 Å². The first-order valence-electron chi connectivity index (χ1n) is 8.60. The van der Waals surface area contributed by atoms with Gasteiger partial charge in [-0.2, -0.15) is 18.4 Å². The summed E-state index contributed by atoms with van der Waals surface area (Å²) in [6.07, 6.45) is -3.51. The van der Waals surface area contributed by atoms with E-state index in [0.717, 1.165) is 5.56 Å². The van der Waals surface area contributed by atoms with Crippen LogP contribution in [0, 0.1) is 22.6 Å². The molecule has 1 unspecified atom stereocenters. The third-order valence-corrected chi connectivity index (χ3v) is 5.84. The Kier molecular flexibility index (Phi) is 4.98. The molecule has 0 spiro atoms. The maximum atomic E-state index is 14.0. The zero-order valence-electron chi connectivity index (χ0n) is 14.7. The monoisotopic (exact) mass is 395 g/mol. The molecule has 142 valence electrons. The standard InChI is InChI=1S/C21H18ClF4N/c1-19(21(24,25)26,11-15-3-2-14(12-27)10-18(15)22)13-20(8-9-20)16-4-6-17(23)7-5-16/h2-7,10H,8-9,11,13H2,1H3. The van der Waals surface area contributed by atoms with Crippen molar-refractivity contribution in [1.29, 1.82) is 5.26 Å². The van der Waals surface area contributed by atoms with E-state index in [0.29, 0.717) is 24.0 Å². The highest BCUT2D eigenvalue weighted by molar-refractivity contribution is 6.31. The number of hydrogen-bond acceptors (Lipinski definition) is 1. The van der Waals surface area contributed by atoms with E-state index in [1.54, 1.807) is 12.1 Å². The predicted molar refractivity (Wildman–Crippen MR) is 96.0 cm³/mol. The highest BCUT2D eigenvalue weighted by Crippen LogP contribution is 2.59. The molecular weight excluding hydrogens is 378 g/mol. The van der Waals surface area contributed by atoms with Gasteiger partial charge in [-0.15, -0.1) is 0 Å². The van der Waals surface area contributed by atoms with Crippen molar-refractivity contribution < 1.29 is 17.6 Å². The van der Waals surface area contributed by atoms with Gasteiger partial charge in [0.1, 0.15) is 5.82 Å². The van der Waals surface area contributed by atoms with E-state index in [1.165, 1.54) is 37.3 Å². The number of alkyl halides is 3. The lowest BCUT2D eigenvalue weighted by molar-refractivity contribution is -0.222. The molecule has 0 radical (unpaired) electrons. The Morgan fingerprint density at radius 1 is 1.11 bits per heavy atom. The van der Waals surface area contributed by atoms with Crippen molar-refractivity contribution in [2.75, 3.05) is 0 Å². The lowest BCUT2D eigenvalue weighted by atomic mass is 9.72. The summed E-state index contributed by atoms with van der Waals surface area (Å²) >= 11 is 6.13. The van der Waals surface area contributed by atoms with Crippen molar-refractivity contribution in [3.05, 3.63) is 70.0 Å². The minimum atomic E-state index is -4.43. The van der Waals surface area contributed by atoms with E-state index in [9.17, 15) is 17.6 Å². The van der Waals surface area contributed by atoms with Crippen LogP contribution in [0.2, 0.25) is 5.02 Å². The highest BCUT2D eigenvalue weighted by atomic mass is 35.5. The Balaban J connectivity index is 1.92. The molecule has 1 saturated carbocycles. The summed E-state index contributed by atoms with van der Waals surface area (Å²) in [6.45, 7) is 1.21. The van der Waals surface area contributed by atoms with Crippen molar-refractivity contribution in [3.8, 4) is 6.07 Å². The quantitative estimate of drug-likeness (QED) is 0.524. The SMILES string of the molecule is CC(Cc1ccc(C#N)cc1Cl)(CC1(c2ccc(F)cc2)CC1)C(F)(F)F. The molecule has 2 aromatic carbocycles. The number of halogens is 5. The van der Waals surface area contributed by atoms with Crippen LogP contribution in [0.5, 0.6) is 0 Å². The number of benzene rings is 2. The fourth-order valence-electron chi connectivity index (χ4n) is 3.71. The molecule has 1 fully saturated rings. The van der Waals surface area contributed by atoms with E-state index in [1.807, 2.05) is 6.07 Å². The normalized spacial score (nSPS) is 17.8. The molecule has 0 N–H and O–H groups in total. The van der Waals surface area contributed by atoms with Crippen molar-refractivity contribution in [2.24, 2.45) is 5.41 Å². The van der Waals surface area contributed by atoms with E-state index >= 15 is 0 Å². The third kappa shape index (κ3) is 3.96. The lowest BCUT2D eigenvalue weighted by Gasteiger charge is -2.36. The van der Waals surface area contributed by atoms with Crippen LogP contribution >= 0.6 is 11.6 Å². The topological polar surface area (TPSA) is 23.8 Å². The molecule has 0 amide bonds. The van der Waals surface area contributed by atoms with Crippen molar-refractivity contribution in [2.45, 2.75) is 44.2 Å². The largest absolute Gasteiger partial charge is 0.394 e. The number of rotatable bonds is 5. The van der Waals surface area contributed by atoms with E-state index < -0.39 is 22.8 Å². The molecule has 1 nitrogen and oxygen atoms in total. The maximum absolute atomic E-state index is 14.0. The Labute approximate surface area is 160 Å². The van der Waals surface area contributed by atoms with Crippen molar-refractivity contribution in [3.63, 3.8) is 0 Å². The average molecular weight is 396 g/mol. The molecule has 0 aromatic heterocycles. The van der Waals surface area contributed by atoms with Crippen LogP contribution in [0.1, 0.15) is 42.9 Å². The number of nitriles is 1. The van der Waals surface area contributed by atoms with Gasteiger partial charge < -0.3 is 0 Å². The molecule has 6 heteroatoms. The van der Waals surface area contributed by atoms with Crippen molar-refractivity contribution >= 4 is 11.6 Å². The molecule has 0 saturated heterocycles. The minimum absolute atomic E-state index is 0.0918. The summed E-state index contributed by atoms with van der Waals surface area (Å²) in [5.74, 6) is -0.405. The first kappa shape index (κ1) is 19.7. The second kappa shape index (κ2) is 6.83. The van der Waals surface area contributed by atoms with Crippen LogP contribution in [-0.4, -0.2) is 6.18 Å². The summed E-state index contributed by atoms with van der Waals surface area (Å²) in [6, 6.07) is 12.0. The fourth-order valence-corrected chi connectivity index (χ4v) is 3.96. The minimum Gasteiger partial charge on any atom is -0.207 e. The van der Waals surface area contributed by atoms with Gasteiger partial charge in [0, 0.05) is 5.02 Å². The Hall–Kier alpha value is -2.06. The van der Waals surface area contributed by atoms with Crippen LogP contribution in [0.4, 0.5) is 17.6 Å². The summed E-state index contributed by atoms with van der Waals surface area (Å²) in [5, 5.41) is 9.07. The third-order valence-electron chi connectivity index (χ3n) is 5.49. The Bertz CT molecular complexity index is 879. The van der Waals surface area contributed by atoms with Crippen LogP contribution in [0.15, 0.2) is 42.5 Å². The zero-order chi connectivity index (χ0) is 19.9. The molecular formula is C21H18ClF4N. The van der Waals surface area contributed by atoms with Crippen LogP contribution in [0.3, 0.4) is 0 Å². The maximum Gasteiger partial charge on any atom is 0.394 e. The second-order valence-electron chi connectivity index (χ2n) is 7.62. The molecule has 0 aliphatic heterocycles. The van der Waals surface area contributed by atoms with Gasteiger partial charge in [-0.25, -0.2) is 4.39 Å². The van der Waals surface area contributed by atoms with Gasteiger partial charge >= 0.3 is 6.18 Å². The second-order valence-corrected chi connectivity index (χ2v) is 8.02. The zero-order valence-corrected chi connectivity index (χ0v) is 15.5. The molecule has 0 bridgehead atoms. The number of nitrogens with zero attached hydrogens (tertiary/aromatic N) is 1. The summed E-state index contributed by atoms with van der Waals surface area (Å²) in [5.41, 5.74) is -1.16. The van der Waals surface area contributed by atoms with Gasteiger partial charge in [-0.05, 0) is 66.5 Å². The van der Waals surface area contributed by atoms with Crippen LogP contribution in [0.25, 0.3) is 0 Å². The molecule has 1 aliphatic rings. The molecule has 2 aromatic rings. The van der Waals surface area contributed by atoms with Gasteiger partial charge in [-0.1, -0.05) is 36.7 Å². The van der Waals surface area contributed by atoms with E-state index in [4.69, 9.17) is 16.9 Å². The molecule has 0 heterocycles. The number of hydrogen-bond donors (Lipinski definition) is 0. The predicted octanol–water partition coefficient (Wildman–Crippen LogP) is 6.58. The van der Waals surface area contributed by atoms with Crippen molar-refractivity contribution in [1.82, 2.24) is 0 Å². The average Bonchev–Trinajstić information content (AvgIpc) is 3.36. The molecule has 1 atom stereocenters. The summed E-state index contributed by atoms with van der Waals surface area (Å²) in [4.78, 5) is 0. The van der Waals surface area contributed by atoms with E-state index in [2.05, 4.69) is 0 Å². The van der Waals surface area contributed by atoms with Gasteiger partial charge in [0.15, 0.2) is 0 Å². The Morgan fingerprint density at radius 2 is 1.74 bits per heavy atom. The summed E-state index contributed by atoms with van der Waals surface area (Å²) < 4.78 is 55.3. The first-order chi connectivity index (χ1) is 12.6. The van der Waals surface area contributed by atoms with Gasteiger partial charge in [0.25, 0.3) is 0 Å². The molecule has 3 rings (SSSR count). The fraction of sp³-hybridized carbons (Fsp3) is 0.381.